The maximum absolute atomic E-state index is 11.2. The van der Waals surface area contributed by atoms with Crippen molar-refractivity contribution >= 4 is 11.9 Å². The van der Waals surface area contributed by atoms with Gasteiger partial charge in [0.1, 0.15) is 0 Å². The van der Waals surface area contributed by atoms with E-state index in [4.69, 9.17) is 10.5 Å². The van der Waals surface area contributed by atoms with E-state index in [9.17, 15) is 4.79 Å². The molecule has 1 atom stereocenters. The van der Waals surface area contributed by atoms with Gasteiger partial charge >= 0.3 is 0 Å². The number of hydrogen-bond acceptors (Lipinski definition) is 4. The van der Waals surface area contributed by atoms with Crippen molar-refractivity contribution in [2.45, 2.75) is 25.9 Å². The fraction of sp³-hybridized carbons (Fsp3) is 0.545. The summed E-state index contributed by atoms with van der Waals surface area (Å²) in [6.45, 7) is 3.05. The molecule has 2 heterocycles. The summed E-state index contributed by atoms with van der Waals surface area (Å²) < 4.78 is 5.43. The second kappa shape index (κ2) is 5.63. The van der Waals surface area contributed by atoms with Crippen molar-refractivity contribution in [3.05, 3.63) is 22.1 Å². The van der Waals surface area contributed by atoms with Gasteiger partial charge in [0.15, 0.2) is 5.96 Å². The van der Waals surface area contributed by atoms with Crippen molar-refractivity contribution in [1.82, 2.24) is 9.97 Å². The predicted octanol–water partition coefficient (Wildman–Crippen LogP) is -0.0161. The van der Waals surface area contributed by atoms with Gasteiger partial charge in [0.25, 0.3) is 5.56 Å². The van der Waals surface area contributed by atoms with Gasteiger partial charge < -0.3 is 10.5 Å². The third-order valence-corrected chi connectivity index (χ3v) is 2.61. The summed E-state index contributed by atoms with van der Waals surface area (Å²) in [6, 6.07) is 1.41. The number of anilines is 1. The number of aryl methyl sites for hydroxylation is 1. The maximum Gasteiger partial charge on any atom is 0.252 e. The Labute approximate surface area is 104 Å². The summed E-state index contributed by atoms with van der Waals surface area (Å²) in [5, 5.41) is 2.75. The summed E-state index contributed by atoms with van der Waals surface area (Å²) >= 11 is 0. The molecule has 18 heavy (non-hydrogen) atoms. The normalized spacial score (nSPS) is 20.1. The summed E-state index contributed by atoms with van der Waals surface area (Å²) in [4.78, 5) is 22.0. The molecular formula is C11H17N5O2. The Bertz CT molecular complexity index is 490. The number of nitrogens with zero attached hydrogens (tertiary/aromatic N) is 2. The van der Waals surface area contributed by atoms with E-state index in [0.29, 0.717) is 18.2 Å². The van der Waals surface area contributed by atoms with E-state index in [-0.39, 0.29) is 17.6 Å². The molecule has 7 heteroatoms. The van der Waals surface area contributed by atoms with E-state index in [2.05, 4.69) is 20.3 Å². The molecule has 1 aromatic rings. The average Bonchev–Trinajstić information content (AvgIpc) is 2.77. The second-order valence-corrected chi connectivity index (χ2v) is 4.22. The van der Waals surface area contributed by atoms with Gasteiger partial charge in [-0.05, 0) is 19.8 Å². The van der Waals surface area contributed by atoms with Crippen LogP contribution in [0.3, 0.4) is 0 Å². The largest absolute Gasteiger partial charge is 0.376 e. The van der Waals surface area contributed by atoms with Gasteiger partial charge in [0.2, 0.25) is 5.95 Å². The molecule has 2 rings (SSSR count). The minimum atomic E-state index is -0.225. The SMILES string of the molecule is Cc1cc(=O)[nH]c(NC(N)=NC[C@@H]2CCCO2)n1. The molecule has 0 unspecified atom stereocenters. The molecule has 0 bridgehead atoms. The van der Waals surface area contributed by atoms with Gasteiger partial charge in [0, 0.05) is 18.4 Å². The topological polar surface area (TPSA) is 105 Å². The number of aliphatic imine (C=N–C) groups is 1. The van der Waals surface area contributed by atoms with Crippen LogP contribution in [0.2, 0.25) is 0 Å². The fourth-order valence-corrected chi connectivity index (χ4v) is 1.79. The second-order valence-electron chi connectivity index (χ2n) is 4.22. The summed E-state index contributed by atoms with van der Waals surface area (Å²) in [6.07, 6.45) is 2.23. The van der Waals surface area contributed by atoms with Crippen molar-refractivity contribution in [2.75, 3.05) is 18.5 Å². The minimum Gasteiger partial charge on any atom is -0.376 e. The number of aromatic nitrogens is 2. The van der Waals surface area contributed by atoms with Crippen LogP contribution >= 0.6 is 0 Å². The molecule has 4 N–H and O–H groups in total. The molecule has 0 spiro atoms. The highest BCUT2D eigenvalue weighted by Crippen LogP contribution is 2.11. The average molecular weight is 251 g/mol. The summed E-state index contributed by atoms with van der Waals surface area (Å²) in [7, 11) is 0. The number of hydrogen-bond donors (Lipinski definition) is 3. The third kappa shape index (κ3) is 3.56. The molecule has 0 saturated carbocycles. The lowest BCUT2D eigenvalue weighted by Crippen LogP contribution is -2.27. The van der Waals surface area contributed by atoms with Crippen LogP contribution in [0.1, 0.15) is 18.5 Å². The van der Waals surface area contributed by atoms with E-state index >= 15 is 0 Å². The molecule has 0 aliphatic carbocycles. The number of aromatic amines is 1. The standard InChI is InChI=1S/C11H17N5O2/c1-7-5-9(17)15-11(14-7)16-10(12)13-6-8-3-2-4-18-8/h5,8H,2-4,6H2,1H3,(H4,12,13,14,15,16,17)/t8-/m0/s1. The zero-order valence-electron chi connectivity index (χ0n) is 10.3. The maximum atomic E-state index is 11.2. The van der Waals surface area contributed by atoms with E-state index in [1.54, 1.807) is 6.92 Å². The molecule has 98 valence electrons. The Balaban J connectivity index is 1.94. The number of H-pyrrole nitrogens is 1. The Hall–Kier alpha value is -1.89. The first-order valence-corrected chi connectivity index (χ1v) is 5.90. The predicted molar refractivity (Wildman–Crippen MR) is 68.7 cm³/mol. The highest BCUT2D eigenvalue weighted by Gasteiger charge is 2.14. The number of nitrogens with one attached hydrogen (secondary N) is 2. The van der Waals surface area contributed by atoms with Crippen LogP contribution < -0.4 is 16.6 Å². The molecular weight excluding hydrogens is 234 g/mol. The zero-order chi connectivity index (χ0) is 13.0. The molecule has 0 aromatic carbocycles. The first-order chi connectivity index (χ1) is 8.63. The highest BCUT2D eigenvalue weighted by molar-refractivity contribution is 5.90. The van der Waals surface area contributed by atoms with Crippen LogP contribution in [0.4, 0.5) is 5.95 Å². The van der Waals surface area contributed by atoms with Crippen molar-refractivity contribution in [1.29, 1.82) is 0 Å². The molecule has 1 aliphatic rings. The van der Waals surface area contributed by atoms with Gasteiger partial charge in [-0.3, -0.25) is 20.1 Å². The third-order valence-electron chi connectivity index (χ3n) is 2.61. The highest BCUT2D eigenvalue weighted by atomic mass is 16.5. The number of nitrogens with two attached hydrogens (primary N) is 1. The summed E-state index contributed by atoms with van der Waals surface area (Å²) in [5.41, 5.74) is 6.10. The molecule has 1 fully saturated rings. The van der Waals surface area contributed by atoms with E-state index in [1.807, 2.05) is 0 Å². The molecule has 7 nitrogen and oxygen atoms in total. The Morgan fingerprint density at radius 1 is 1.78 bits per heavy atom. The van der Waals surface area contributed by atoms with E-state index in [0.717, 1.165) is 19.4 Å². The van der Waals surface area contributed by atoms with Crippen molar-refractivity contribution in [3.63, 3.8) is 0 Å². The van der Waals surface area contributed by atoms with Crippen LogP contribution in [-0.2, 0) is 4.74 Å². The fourth-order valence-electron chi connectivity index (χ4n) is 1.79. The number of guanidine groups is 1. The quantitative estimate of drug-likeness (QED) is 0.517. The molecule has 1 aromatic heterocycles. The van der Waals surface area contributed by atoms with Crippen LogP contribution in [0.15, 0.2) is 15.9 Å². The van der Waals surface area contributed by atoms with Crippen LogP contribution in [0.5, 0.6) is 0 Å². The Morgan fingerprint density at radius 3 is 3.28 bits per heavy atom. The van der Waals surface area contributed by atoms with Crippen molar-refractivity contribution < 1.29 is 4.74 Å². The van der Waals surface area contributed by atoms with Crippen LogP contribution in [0, 0.1) is 6.92 Å². The lowest BCUT2D eigenvalue weighted by Gasteiger charge is -2.07. The Kier molecular flexibility index (Phi) is 3.93. The van der Waals surface area contributed by atoms with Gasteiger partial charge in [-0.2, -0.15) is 0 Å². The van der Waals surface area contributed by atoms with Crippen molar-refractivity contribution in [2.24, 2.45) is 10.7 Å². The summed E-state index contributed by atoms with van der Waals surface area (Å²) in [5.74, 6) is 0.521. The first-order valence-electron chi connectivity index (χ1n) is 5.90. The van der Waals surface area contributed by atoms with Crippen molar-refractivity contribution in [3.8, 4) is 0 Å². The van der Waals surface area contributed by atoms with E-state index < -0.39 is 0 Å². The van der Waals surface area contributed by atoms with Crippen LogP contribution in [0.25, 0.3) is 0 Å². The molecule has 0 amide bonds. The van der Waals surface area contributed by atoms with Gasteiger partial charge in [-0.1, -0.05) is 0 Å². The number of rotatable bonds is 3. The molecule has 1 saturated heterocycles. The zero-order valence-corrected chi connectivity index (χ0v) is 10.3. The van der Waals surface area contributed by atoms with E-state index in [1.165, 1.54) is 6.07 Å². The molecule has 1 aliphatic heterocycles. The Morgan fingerprint density at radius 2 is 2.61 bits per heavy atom. The smallest absolute Gasteiger partial charge is 0.252 e. The first kappa shape index (κ1) is 12.6. The van der Waals surface area contributed by atoms with Crippen LogP contribution in [-0.4, -0.2) is 35.2 Å². The van der Waals surface area contributed by atoms with Gasteiger partial charge in [0.05, 0.1) is 12.6 Å². The minimum absolute atomic E-state index is 0.148. The lowest BCUT2D eigenvalue weighted by molar-refractivity contribution is 0.118. The molecule has 0 radical (unpaired) electrons. The lowest BCUT2D eigenvalue weighted by atomic mass is 10.2. The van der Waals surface area contributed by atoms with Gasteiger partial charge in [-0.15, -0.1) is 0 Å². The monoisotopic (exact) mass is 251 g/mol. The van der Waals surface area contributed by atoms with Gasteiger partial charge in [-0.25, -0.2) is 4.98 Å². The number of ether oxygens (including phenoxy) is 1.